The molecule has 1 aliphatic rings. The van der Waals surface area contributed by atoms with Gasteiger partial charge in [0.1, 0.15) is 6.10 Å². The van der Waals surface area contributed by atoms with E-state index in [1.165, 1.54) is 23.7 Å². The summed E-state index contributed by atoms with van der Waals surface area (Å²) in [6.45, 7) is 4.15. The normalized spacial score (nSPS) is 15.9. The Kier molecular flexibility index (Phi) is 4.78. The third-order valence-corrected chi connectivity index (χ3v) is 4.20. The Bertz CT molecular complexity index is 631. The van der Waals surface area contributed by atoms with Gasteiger partial charge < -0.3 is 14.6 Å². The first-order chi connectivity index (χ1) is 10.7. The van der Waals surface area contributed by atoms with Crippen LogP contribution in [0.5, 0.6) is 0 Å². The Hall–Kier alpha value is -1.81. The van der Waals surface area contributed by atoms with E-state index in [0.29, 0.717) is 12.5 Å². The summed E-state index contributed by atoms with van der Waals surface area (Å²) in [6.07, 6.45) is 5.18. The maximum atomic E-state index is 11.9. The number of benzene rings is 1. The molecule has 1 atom stereocenters. The van der Waals surface area contributed by atoms with Crippen LogP contribution in [0.4, 0.5) is 0 Å². The molecule has 0 aliphatic heterocycles. The number of carbonyl (C=O) groups is 1. The highest BCUT2D eigenvalue weighted by molar-refractivity contribution is 5.80. The fraction of sp³-hybridized carbons (Fsp3) is 0.500. The van der Waals surface area contributed by atoms with Gasteiger partial charge in [0.15, 0.2) is 0 Å². The number of fused-ring (bicyclic) bond motifs is 1. The van der Waals surface area contributed by atoms with Gasteiger partial charge in [0.05, 0.1) is 6.61 Å². The number of carbonyl (C=O) groups excluding carboxylic acids is 1. The lowest BCUT2D eigenvalue weighted by Gasteiger charge is -2.13. The monoisotopic (exact) mass is 300 g/mol. The minimum Gasteiger partial charge on any atom is -0.368 e. The van der Waals surface area contributed by atoms with Gasteiger partial charge >= 0.3 is 0 Å². The first-order valence-electron chi connectivity index (χ1n) is 8.17. The Morgan fingerprint density at radius 2 is 2.18 bits per heavy atom. The highest BCUT2D eigenvalue weighted by Gasteiger charge is 2.23. The van der Waals surface area contributed by atoms with Crippen molar-refractivity contribution in [1.29, 1.82) is 0 Å². The second kappa shape index (κ2) is 6.97. The second-order valence-corrected chi connectivity index (χ2v) is 6.13. The number of hydrogen-bond acceptors (Lipinski definition) is 2. The van der Waals surface area contributed by atoms with Crippen molar-refractivity contribution in [3.8, 4) is 0 Å². The summed E-state index contributed by atoms with van der Waals surface area (Å²) in [5.41, 5.74) is 1.25. The third kappa shape index (κ3) is 3.89. The van der Waals surface area contributed by atoms with E-state index in [1.807, 2.05) is 6.92 Å². The molecule has 3 rings (SSSR count). The lowest BCUT2D eigenvalue weighted by molar-refractivity contribution is -0.132. The quantitative estimate of drug-likeness (QED) is 0.762. The molecule has 4 nitrogen and oxygen atoms in total. The lowest BCUT2D eigenvalue weighted by Crippen LogP contribution is -2.35. The van der Waals surface area contributed by atoms with Crippen molar-refractivity contribution in [3.05, 3.63) is 36.5 Å². The maximum absolute atomic E-state index is 11.9. The minimum atomic E-state index is -0.340. The number of para-hydroxylation sites is 1. The van der Waals surface area contributed by atoms with E-state index in [1.54, 1.807) is 0 Å². The lowest BCUT2D eigenvalue weighted by atomic mass is 10.2. The Labute approximate surface area is 131 Å². The molecule has 1 N–H and O–H groups in total. The number of amides is 1. The number of nitrogens with zero attached hydrogens (tertiary/aromatic N) is 1. The molecule has 22 heavy (non-hydrogen) atoms. The highest BCUT2D eigenvalue weighted by atomic mass is 16.5. The molecule has 0 radical (unpaired) electrons. The van der Waals surface area contributed by atoms with Crippen molar-refractivity contribution < 1.29 is 9.53 Å². The number of ether oxygens (including phenoxy) is 1. The van der Waals surface area contributed by atoms with Crippen LogP contribution in [-0.2, 0) is 16.1 Å². The summed E-state index contributed by atoms with van der Waals surface area (Å²) >= 11 is 0. The summed E-state index contributed by atoms with van der Waals surface area (Å²) < 4.78 is 7.80. The van der Waals surface area contributed by atoms with Crippen molar-refractivity contribution in [2.24, 2.45) is 5.92 Å². The largest absolute Gasteiger partial charge is 0.368 e. The van der Waals surface area contributed by atoms with Gasteiger partial charge in [-0.25, -0.2) is 0 Å². The average Bonchev–Trinajstić information content (AvgIpc) is 3.28. The van der Waals surface area contributed by atoms with E-state index >= 15 is 0 Å². The number of nitrogens with one attached hydrogen (secondary N) is 1. The van der Waals surface area contributed by atoms with Gasteiger partial charge in [-0.15, -0.1) is 0 Å². The predicted molar refractivity (Wildman–Crippen MR) is 87.7 cm³/mol. The molecule has 1 fully saturated rings. The predicted octanol–water partition coefficient (Wildman–Crippen LogP) is 2.96. The molecule has 0 bridgehead atoms. The van der Waals surface area contributed by atoms with E-state index in [9.17, 15) is 4.79 Å². The molecule has 118 valence electrons. The molecule has 4 heteroatoms. The first kappa shape index (κ1) is 15.1. The zero-order valence-electron chi connectivity index (χ0n) is 13.1. The van der Waals surface area contributed by atoms with Crippen molar-refractivity contribution in [2.75, 3.05) is 13.2 Å². The molecule has 1 aromatic heterocycles. The van der Waals surface area contributed by atoms with E-state index in [0.717, 1.165) is 19.6 Å². The highest BCUT2D eigenvalue weighted by Crippen LogP contribution is 2.29. The molecular formula is C18H24N2O2. The van der Waals surface area contributed by atoms with Gasteiger partial charge in [-0.2, -0.15) is 0 Å². The van der Waals surface area contributed by atoms with Crippen molar-refractivity contribution in [2.45, 2.75) is 38.8 Å². The Balaban J connectivity index is 1.38. The van der Waals surface area contributed by atoms with Crippen LogP contribution in [0.1, 0.15) is 26.2 Å². The molecule has 0 spiro atoms. The number of rotatable bonds is 8. The molecule has 0 unspecified atom stereocenters. The van der Waals surface area contributed by atoms with Crippen molar-refractivity contribution in [3.63, 3.8) is 0 Å². The molecule has 1 saturated carbocycles. The van der Waals surface area contributed by atoms with Gasteiger partial charge in [0.25, 0.3) is 0 Å². The molecule has 1 heterocycles. The van der Waals surface area contributed by atoms with Crippen molar-refractivity contribution in [1.82, 2.24) is 9.88 Å². The minimum absolute atomic E-state index is 0.00184. The van der Waals surface area contributed by atoms with Gasteiger partial charge in [-0.3, -0.25) is 4.79 Å². The molecule has 1 aromatic carbocycles. The van der Waals surface area contributed by atoms with E-state index in [4.69, 9.17) is 4.74 Å². The van der Waals surface area contributed by atoms with Crippen LogP contribution in [0.15, 0.2) is 36.5 Å². The molecule has 1 amide bonds. The number of aromatic nitrogens is 1. The Morgan fingerprint density at radius 1 is 1.36 bits per heavy atom. The Morgan fingerprint density at radius 3 is 3.00 bits per heavy atom. The number of aryl methyl sites for hydroxylation is 1. The average molecular weight is 300 g/mol. The molecule has 0 saturated heterocycles. The summed E-state index contributed by atoms with van der Waals surface area (Å²) in [4.78, 5) is 11.9. The first-order valence-corrected chi connectivity index (χ1v) is 8.17. The van der Waals surface area contributed by atoms with E-state index in [2.05, 4.69) is 46.4 Å². The van der Waals surface area contributed by atoms with Gasteiger partial charge in [-0.05, 0) is 49.6 Å². The third-order valence-electron chi connectivity index (χ3n) is 4.20. The van der Waals surface area contributed by atoms with Crippen LogP contribution in [0, 0.1) is 5.92 Å². The smallest absolute Gasteiger partial charge is 0.248 e. The standard InChI is InChI=1S/C18H24N2O2/c1-14(22-13-15-7-8-15)18(21)19-10-4-11-20-12-9-16-5-2-3-6-17(16)20/h2-3,5-6,9,12,14-15H,4,7-8,10-11,13H2,1H3,(H,19,21)/t14-/m1/s1. The van der Waals surface area contributed by atoms with Crippen molar-refractivity contribution >= 4 is 16.8 Å². The van der Waals surface area contributed by atoms with Gasteiger partial charge in [0, 0.05) is 24.8 Å². The molecule has 2 aromatic rings. The second-order valence-electron chi connectivity index (χ2n) is 6.13. The van der Waals surface area contributed by atoms with Gasteiger partial charge in [-0.1, -0.05) is 18.2 Å². The maximum Gasteiger partial charge on any atom is 0.248 e. The summed E-state index contributed by atoms with van der Waals surface area (Å²) in [6, 6.07) is 10.5. The summed E-state index contributed by atoms with van der Waals surface area (Å²) in [5.74, 6) is 0.690. The van der Waals surface area contributed by atoms with Crippen LogP contribution in [0.3, 0.4) is 0 Å². The molecule has 1 aliphatic carbocycles. The SMILES string of the molecule is C[C@@H](OCC1CC1)C(=O)NCCCn1ccc2ccccc21. The van der Waals surface area contributed by atoms with E-state index in [-0.39, 0.29) is 12.0 Å². The summed E-state index contributed by atoms with van der Waals surface area (Å²) in [7, 11) is 0. The zero-order valence-corrected chi connectivity index (χ0v) is 13.1. The topological polar surface area (TPSA) is 43.3 Å². The molecular weight excluding hydrogens is 276 g/mol. The van der Waals surface area contributed by atoms with E-state index < -0.39 is 0 Å². The van der Waals surface area contributed by atoms with Crippen LogP contribution < -0.4 is 5.32 Å². The summed E-state index contributed by atoms with van der Waals surface area (Å²) in [5, 5.41) is 4.22. The van der Waals surface area contributed by atoms with Gasteiger partial charge in [0.2, 0.25) is 5.91 Å². The number of hydrogen-bond donors (Lipinski definition) is 1. The fourth-order valence-corrected chi connectivity index (χ4v) is 2.58. The fourth-order valence-electron chi connectivity index (χ4n) is 2.58. The van der Waals surface area contributed by atoms with Crippen LogP contribution >= 0.6 is 0 Å². The van der Waals surface area contributed by atoms with Crippen LogP contribution in [0.25, 0.3) is 10.9 Å². The van der Waals surface area contributed by atoms with Crippen LogP contribution in [0.2, 0.25) is 0 Å². The van der Waals surface area contributed by atoms with Crippen LogP contribution in [-0.4, -0.2) is 29.7 Å². The zero-order chi connectivity index (χ0) is 15.4.